The highest BCUT2D eigenvalue weighted by Crippen LogP contribution is 2.41. The van der Waals surface area contributed by atoms with Crippen LogP contribution in [-0.4, -0.2) is 42.8 Å². The number of aliphatic hydroxyl groups excluding tert-OH is 1. The second-order valence-electron chi connectivity index (χ2n) is 6.66. The number of likely N-dealkylation sites (N-methyl/N-ethyl adjacent to an activating group) is 1. The normalized spacial score (nSPS) is 17.0. The Bertz CT molecular complexity index is 884. The summed E-state index contributed by atoms with van der Waals surface area (Å²) in [5.41, 5.74) is 3.53. The SMILES string of the molecule is CC[N+]1(c2c(-c3csc(CO)c3)ncc3ccccc23)CCNCC1. The number of fused-ring (bicyclic) bond motifs is 1. The Morgan fingerprint density at radius 3 is 2.76 bits per heavy atom. The Balaban J connectivity index is 1.99. The van der Waals surface area contributed by atoms with E-state index in [1.165, 1.54) is 16.5 Å². The number of aromatic nitrogens is 1. The first-order valence-electron chi connectivity index (χ1n) is 8.91. The van der Waals surface area contributed by atoms with E-state index in [9.17, 15) is 5.11 Å². The summed E-state index contributed by atoms with van der Waals surface area (Å²) < 4.78 is 0.959. The van der Waals surface area contributed by atoms with E-state index in [-0.39, 0.29) is 6.61 Å². The lowest BCUT2D eigenvalue weighted by Crippen LogP contribution is -2.60. The van der Waals surface area contributed by atoms with Crippen molar-refractivity contribution in [2.75, 3.05) is 32.7 Å². The molecule has 4 nitrogen and oxygen atoms in total. The second kappa shape index (κ2) is 6.84. The third-order valence-electron chi connectivity index (χ3n) is 5.37. The van der Waals surface area contributed by atoms with Gasteiger partial charge in [0.05, 0.1) is 26.2 Å². The molecular weight excluding hydrogens is 330 g/mol. The number of rotatable bonds is 4. The Morgan fingerprint density at radius 1 is 1.24 bits per heavy atom. The molecule has 1 aliphatic rings. The van der Waals surface area contributed by atoms with Crippen LogP contribution in [0.5, 0.6) is 0 Å². The summed E-state index contributed by atoms with van der Waals surface area (Å²) in [5, 5.41) is 17.6. The fourth-order valence-corrected chi connectivity index (χ4v) is 4.68. The van der Waals surface area contributed by atoms with Crippen molar-refractivity contribution in [1.82, 2.24) is 14.8 Å². The molecule has 130 valence electrons. The molecule has 0 spiro atoms. The summed E-state index contributed by atoms with van der Waals surface area (Å²) in [6.07, 6.45) is 1.98. The van der Waals surface area contributed by atoms with Crippen LogP contribution in [0.3, 0.4) is 0 Å². The number of piperazine rings is 1. The molecule has 25 heavy (non-hydrogen) atoms. The average Bonchev–Trinajstić information content (AvgIpc) is 3.16. The van der Waals surface area contributed by atoms with Gasteiger partial charge in [0.15, 0.2) is 5.69 Å². The molecule has 3 aromatic rings. The van der Waals surface area contributed by atoms with Crippen LogP contribution in [0.4, 0.5) is 5.69 Å². The van der Waals surface area contributed by atoms with Gasteiger partial charge in [-0.3, -0.25) is 4.48 Å². The standard InChI is InChI=1S/C20H24N3OS/c1-2-23(9-7-21-8-10-23)20-18-6-4-3-5-15(18)12-22-19(20)16-11-17(13-24)25-14-16/h3-6,11-12,14,21,24H,2,7-10,13H2,1H3/q+1. The number of hydrogen-bond donors (Lipinski definition) is 2. The van der Waals surface area contributed by atoms with Crippen molar-refractivity contribution in [3.63, 3.8) is 0 Å². The van der Waals surface area contributed by atoms with Gasteiger partial charge in [-0.1, -0.05) is 18.2 Å². The molecule has 1 saturated heterocycles. The Hall–Kier alpha value is -1.79. The number of nitrogens with zero attached hydrogens (tertiary/aromatic N) is 2. The Labute approximate surface area is 152 Å². The van der Waals surface area contributed by atoms with Crippen molar-refractivity contribution >= 4 is 27.8 Å². The third kappa shape index (κ3) is 2.87. The number of thiophene rings is 1. The highest BCUT2D eigenvalue weighted by molar-refractivity contribution is 7.10. The fraction of sp³-hybridized carbons (Fsp3) is 0.350. The zero-order valence-corrected chi connectivity index (χ0v) is 15.4. The third-order valence-corrected chi connectivity index (χ3v) is 6.29. The molecule has 0 unspecified atom stereocenters. The van der Waals surface area contributed by atoms with Gasteiger partial charge in [0.25, 0.3) is 0 Å². The van der Waals surface area contributed by atoms with Gasteiger partial charge in [-0.25, -0.2) is 4.98 Å². The minimum Gasteiger partial charge on any atom is -0.391 e. The van der Waals surface area contributed by atoms with Crippen molar-refractivity contribution < 1.29 is 5.11 Å². The maximum atomic E-state index is 9.46. The lowest BCUT2D eigenvalue weighted by atomic mass is 10.0. The lowest BCUT2D eigenvalue weighted by Gasteiger charge is -2.41. The van der Waals surface area contributed by atoms with E-state index in [4.69, 9.17) is 4.98 Å². The van der Waals surface area contributed by atoms with Crippen LogP contribution in [-0.2, 0) is 6.61 Å². The molecule has 0 atom stereocenters. The highest BCUT2D eigenvalue weighted by Gasteiger charge is 2.36. The van der Waals surface area contributed by atoms with Gasteiger partial charge in [-0.15, -0.1) is 11.3 Å². The van der Waals surface area contributed by atoms with E-state index in [1.54, 1.807) is 11.3 Å². The van der Waals surface area contributed by atoms with E-state index >= 15 is 0 Å². The molecule has 0 amide bonds. The molecular formula is C20H24N3OS+. The van der Waals surface area contributed by atoms with Crippen molar-refractivity contribution in [1.29, 1.82) is 0 Å². The quantitative estimate of drug-likeness (QED) is 0.706. The Kier molecular flexibility index (Phi) is 4.56. The van der Waals surface area contributed by atoms with Gasteiger partial charge in [0.2, 0.25) is 0 Å². The van der Waals surface area contributed by atoms with Crippen molar-refractivity contribution in [2.24, 2.45) is 0 Å². The predicted molar refractivity (Wildman–Crippen MR) is 106 cm³/mol. The van der Waals surface area contributed by atoms with E-state index in [1.807, 2.05) is 6.20 Å². The minimum absolute atomic E-state index is 0.0886. The van der Waals surface area contributed by atoms with E-state index in [0.29, 0.717) is 0 Å². The summed E-state index contributed by atoms with van der Waals surface area (Å²) in [7, 11) is 0. The molecule has 0 radical (unpaired) electrons. The smallest absolute Gasteiger partial charge is 0.167 e. The van der Waals surface area contributed by atoms with Gasteiger partial charge in [-0.05, 0) is 19.1 Å². The van der Waals surface area contributed by atoms with Gasteiger partial charge in [0, 0.05) is 45.9 Å². The van der Waals surface area contributed by atoms with E-state index in [0.717, 1.165) is 53.3 Å². The molecule has 0 bridgehead atoms. The Morgan fingerprint density at radius 2 is 2.04 bits per heavy atom. The van der Waals surface area contributed by atoms with Crippen LogP contribution in [0.25, 0.3) is 22.0 Å². The van der Waals surface area contributed by atoms with Crippen LogP contribution in [0, 0.1) is 0 Å². The first kappa shape index (κ1) is 16.7. The number of quaternary nitrogens is 1. The van der Waals surface area contributed by atoms with E-state index < -0.39 is 0 Å². The number of pyridine rings is 1. The number of nitrogens with one attached hydrogen (secondary N) is 1. The molecule has 1 fully saturated rings. The van der Waals surface area contributed by atoms with Gasteiger partial charge in [-0.2, -0.15) is 0 Å². The molecule has 5 heteroatoms. The summed E-state index contributed by atoms with van der Waals surface area (Å²) in [5.74, 6) is 0. The van der Waals surface area contributed by atoms with Crippen LogP contribution in [0.15, 0.2) is 41.9 Å². The molecule has 4 rings (SSSR count). The van der Waals surface area contributed by atoms with Crippen LogP contribution in [0.1, 0.15) is 11.8 Å². The number of aliphatic hydroxyl groups is 1. The van der Waals surface area contributed by atoms with Crippen LogP contribution >= 0.6 is 11.3 Å². The van der Waals surface area contributed by atoms with Gasteiger partial charge < -0.3 is 10.4 Å². The average molecular weight is 354 g/mol. The van der Waals surface area contributed by atoms with Crippen molar-refractivity contribution in [3.8, 4) is 11.3 Å². The zero-order valence-electron chi connectivity index (χ0n) is 14.5. The molecule has 0 aliphatic carbocycles. The summed E-state index contributed by atoms with van der Waals surface area (Å²) >= 11 is 1.60. The lowest BCUT2D eigenvalue weighted by molar-refractivity contribution is 0.254. The fourth-order valence-electron chi connectivity index (χ4n) is 3.95. The largest absolute Gasteiger partial charge is 0.391 e. The molecule has 0 saturated carbocycles. The van der Waals surface area contributed by atoms with Crippen molar-refractivity contribution in [2.45, 2.75) is 13.5 Å². The maximum absolute atomic E-state index is 9.46. The summed E-state index contributed by atoms with van der Waals surface area (Å²) in [6.45, 7) is 7.65. The first-order valence-corrected chi connectivity index (χ1v) is 9.79. The predicted octanol–water partition coefficient (Wildman–Crippen LogP) is 3.39. The monoisotopic (exact) mass is 354 g/mol. The van der Waals surface area contributed by atoms with E-state index in [2.05, 4.69) is 48.0 Å². The summed E-state index contributed by atoms with van der Waals surface area (Å²) in [6, 6.07) is 10.7. The molecule has 2 N–H and O–H groups in total. The molecule has 1 aromatic carbocycles. The highest BCUT2D eigenvalue weighted by atomic mass is 32.1. The minimum atomic E-state index is 0.0886. The van der Waals surface area contributed by atoms with Crippen molar-refractivity contribution in [3.05, 3.63) is 46.8 Å². The number of benzene rings is 1. The molecule has 1 aliphatic heterocycles. The summed E-state index contributed by atoms with van der Waals surface area (Å²) in [4.78, 5) is 5.87. The first-order chi connectivity index (χ1) is 12.3. The van der Waals surface area contributed by atoms with Crippen LogP contribution in [0.2, 0.25) is 0 Å². The molecule has 3 heterocycles. The molecule has 2 aromatic heterocycles. The maximum Gasteiger partial charge on any atom is 0.167 e. The second-order valence-corrected chi connectivity index (χ2v) is 7.66. The number of hydrogen-bond acceptors (Lipinski definition) is 4. The van der Waals surface area contributed by atoms with Crippen LogP contribution < -0.4 is 9.80 Å². The zero-order chi connectivity index (χ0) is 17.3. The van der Waals surface area contributed by atoms with Gasteiger partial charge >= 0.3 is 0 Å². The topological polar surface area (TPSA) is 45.2 Å². The van der Waals surface area contributed by atoms with Gasteiger partial charge in [0.1, 0.15) is 5.69 Å².